The van der Waals surface area contributed by atoms with Crippen molar-refractivity contribution in [1.82, 2.24) is 0 Å². The minimum atomic E-state index is -0.325. The SMILES string of the molecule is CCC/C(=C\c1ccc(O)cc1)CC[C@H]1OC[C@H]2C1=C(C)C[C@H]1C(=O)N(c3ccccc3)C(=O)[C@H]12. The van der Waals surface area contributed by atoms with Crippen molar-refractivity contribution in [3.8, 4) is 5.75 Å². The van der Waals surface area contributed by atoms with Gasteiger partial charge in [0.2, 0.25) is 11.8 Å². The van der Waals surface area contributed by atoms with Crippen LogP contribution in [0.1, 0.15) is 51.5 Å². The van der Waals surface area contributed by atoms with Crippen LogP contribution in [0.15, 0.2) is 71.3 Å². The largest absolute Gasteiger partial charge is 0.508 e. The molecule has 1 aliphatic carbocycles. The van der Waals surface area contributed by atoms with E-state index in [-0.39, 0.29) is 41.4 Å². The molecule has 2 aromatic carbocycles. The van der Waals surface area contributed by atoms with Gasteiger partial charge in [0.15, 0.2) is 0 Å². The first kappa shape index (κ1) is 23.6. The van der Waals surface area contributed by atoms with Crippen molar-refractivity contribution in [2.75, 3.05) is 11.5 Å². The Balaban J connectivity index is 1.33. The molecule has 0 radical (unpaired) electrons. The van der Waals surface area contributed by atoms with E-state index in [2.05, 4.69) is 19.9 Å². The van der Waals surface area contributed by atoms with Crippen molar-refractivity contribution >= 4 is 23.6 Å². The highest BCUT2D eigenvalue weighted by molar-refractivity contribution is 6.22. The number of carbonyl (C=O) groups is 2. The fourth-order valence-electron chi connectivity index (χ4n) is 6.17. The molecule has 2 fully saturated rings. The Morgan fingerprint density at radius 3 is 2.49 bits per heavy atom. The van der Waals surface area contributed by atoms with E-state index in [0.717, 1.165) is 31.2 Å². The van der Waals surface area contributed by atoms with Crippen LogP contribution in [-0.2, 0) is 14.3 Å². The number of fused-ring (bicyclic) bond motifs is 3. The van der Waals surface area contributed by atoms with E-state index in [4.69, 9.17) is 4.74 Å². The number of benzene rings is 2. The van der Waals surface area contributed by atoms with E-state index in [1.807, 2.05) is 42.5 Å². The van der Waals surface area contributed by atoms with Gasteiger partial charge in [-0.15, -0.1) is 0 Å². The van der Waals surface area contributed by atoms with Crippen LogP contribution in [0, 0.1) is 17.8 Å². The highest BCUT2D eigenvalue weighted by Gasteiger charge is 2.56. The van der Waals surface area contributed by atoms with E-state index < -0.39 is 0 Å². The number of hydrogen-bond donors (Lipinski definition) is 1. The van der Waals surface area contributed by atoms with Crippen molar-refractivity contribution < 1.29 is 19.4 Å². The van der Waals surface area contributed by atoms with E-state index in [9.17, 15) is 14.7 Å². The number of anilines is 1. The Labute approximate surface area is 207 Å². The number of carbonyl (C=O) groups excluding carboxylic acids is 2. The van der Waals surface area contributed by atoms with E-state index >= 15 is 0 Å². The number of hydrogen-bond acceptors (Lipinski definition) is 4. The number of phenols is 1. The number of imide groups is 1. The Morgan fingerprint density at radius 1 is 1.03 bits per heavy atom. The summed E-state index contributed by atoms with van der Waals surface area (Å²) in [6.07, 6.45) is 6.71. The molecule has 5 rings (SSSR count). The maximum absolute atomic E-state index is 13.5. The van der Waals surface area contributed by atoms with Crippen molar-refractivity contribution in [3.05, 3.63) is 76.9 Å². The number of allylic oxidation sites excluding steroid dienone is 2. The first-order valence-electron chi connectivity index (χ1n) is 12.7. The number of para-hydroxylation sites is 1. The van der Waals surface area contributed by atoms with Crippen molar-refractivity contribution in [2.45, 2.75) is 52.1 Å². The molecular weight excluding hydrogens is 438 g/mol. The third kappa shape index (κ3) is 4.45. The van der Waals surface area contributed by atoms with E-state index in [1.165, 1.54) is 21.6 Å². The second-order valence-corrected chi connectivity index (χ2v) is 10.0. The zero-order valence-corrected chi connectivity index (χ0v) is 20.4. The lowest BCUT2D eigenvalue weighted by Crippen LogP contribution is -2.34. The minimum absolute atomic E-state index is 0.00491. The van der Waals surface area contributed by atoms with Gasteiger partial charge in [-0.25, -0.2) is 0 Å². The highest BCUT2D eigenvalue weighted by atomic mass is 16.5. The zero-order chi connectivity index (χ0) is 24.5. The molecule has 0 bridgehead atoms. The summed E-state index contributed by atoms with van der Waals surface area (Å²) in [7, 11) is 0. The summed E-state index contributed by atoms with van der Waals surface area (Å²) < 4.78 is 6.30. The third-order valence-corrected chi connectivity index (χ3v) is 7.73. The van der Waals surface area contributed by atoms with E-state index in [1.54, 1.807) is 12.1 Å². The van der Waals surface area contributed by atoms with Crippen LogP contribution in [0.2, 0.25) is 0 Å². The normalized spacial score (nSPS) is 26.3. The molecule has 4 atom stereocenters. The molecule has 0 unspecified atom stereocenters. The predicted octanol–water partition coefficient (Wildman–Crippen LogP) is 5.90. The Hall–Kier alpha value is -3.18. The van der Waals surface area contributed by atoms with Crippen LogP contribution >= 0.6 is 0 Å². The maximum Gasteiger partial charge on any atom is 0.238 e. The predicted molar refractivity (Wildman–Crippen MR) is 137 cm³/mol. The molecule has 0 spiro atoms. The second kappa shape index (κ2) is 9.82. The lowest BCUT2D eigenvalue weighted by molar-refractivity contribution is -0.122. The van der Waals surface area contributed by atoms with E-state index in [0.29, 0.717) is 18.7 Å². The van der Waals surface area contributed by atoms with Gasteiger partial charge in [0.25, 0.3) is 0 Å². The van der Waals surface area contributed by atoms with Gasteiger partial charge in [0.1, 0.15) is 5.75 Å². The summed E-state index contributed by atoms with van der Waals surface area (Å²) in [5.74, 6) is -0.509. The molecule has 35 heavy (non-hydrogen) atoms. The summed E-state index contributed by atoms with van der Waals surface area (Å²) in [6.45, 7) is 4.80. The van der Waals surface area contributed by atoms with Crippen LogP contribution in [0.4, 0.5) is 5.69 Å². The summed E-state index contributed by atoms with van der Waals surface area (Å²) in [5.41, 5.74) is 5.58. The molecule has 5 nitrogen and oxygen atoms in total. The van der Waals surface area contributed by atoms with Gasteiger partial charge in [-0.2, -0.15) is 0 Å². The molecule has 2 aliphatic heterocycles. The molecule has 2 saturated heterocycles. The first-order chi connectivity index (χ1) is 17.0. The summed E-state index contributed by atoms with van der Waals surface area (Å²) in [5, 5.41) is 9.57. The number of amides is 2. The van der Waals surface area contributed by atoms with Gasteiger partial charge < -0.3 is 9.84 Å². The summed E-state index contributed by atoms with van der Waals surface area (Å²) in [4.78, 5) is 28.2. The van der Waals surface area contributed by atoms with Crippen molar-refractivity contribution in [2.24, 2.45) is 17.8 Å². The van der Waals surface area contributed by atoms with Gasteiger partial charge in [-0.1, -0.05) is 60.9 Å². The molecule has 2 amide bonds. The van der Waals surface area contributed by atoms with Gasteiger partial charge in [0.05, 0.1) is 30.2 Å². The van der Waals surface area contributed by atoms with Crippen LogP contribution < -0.4 is 4.90 Å². The quantitative estimate of drug-likeness (QED) is 0.403. The van der Waals surface area contributed by atoms with Crippen LogP contribution in [0.5, 0.6) is 5.75 Å². The number of aromatic hydroxyl groups is 1. The molecular formula is C30H33NO4. The molecule has 3 aliphatic rings. The average molecular weight is 472 g/mol. The molecule has 5 heteroatoms. The first-order valence-corrected chi connectivity index (χ1v) is 12.7. The monoisotopic (exact) mass is 471 g/mol. The molecule has 182 valence electrons. The van der Waals surface area contributed by atoms with Gasteiger partial charge in [-0.05, 0) is 68.0 Å². The summed E-state index contributed by atoms with van der Waals surface area (Å²) in [6, 6.07) is 16.6. The molecule has 2 heterocycles. The highest BCUT2D eigenvalue weighted by Crippen LogP contribution is 2.50. The van der Waals surface area contributed by atoms with Crippen LogP contribution in [0.25, 0.3) is 6.08 Å². The summed E-state index contributed by atoms with van der Waals surface area (Å²) >= 11 is 0. The van der Waals surface area contributed by atoms with Gasteiger partial charge in [-0.3, -0.25) is 14.5 Å². The number of nitrogens with zero attached hydrogens (tertiary/aromatic N) is 1. The molecule has 0 saturated carbocycles. The standard InChI is InChI=1S/C30H33NO4/c1-3-7-20(17-21-10-13-23(32)14-11-21)12-15-26-27-19(2)16-24-28(25(27)18-35-26)30(34)31(29(24)33)22-8-5-4-6-9-22/h4-6,8-11,13-14,17,24-26,28,32H,3,7,12,15-16,18H2,1-2H3/b20-17+/t24-,25+,26-,28-/m1/s1. The van der Waals surface area contributed by atoms with Crippen molar-refractivity contribution in [3.63, 3.8) is 0 Å². The number of phenolic OH excluding ortho intramolecular Hbond substituents is 1. The second-order valence-electron chi connectivity index (χ2n) is 10.0. The van der Waals surface area contributed by atoms with Crippen molar-refractivity contribution in [1.29, 1.82) is 0 Å². The van der Waals surface area contributed by atoms with Crippen LogP contribution in [0.3, 0.4) is 0 Å². The molecule has 1 N–H and O–H groups in total. The lowest BCUT2D eigenvalue weighted by atomic mass is 9.70. The molecule has 0 aromatic heterocycles. The Kier molecular flexibility index (Phi) is 6.61. The van der Waals surface area contributed by atoms with Gasteiger partial charge >= 0.3 is 0 Å². The number of rotatable bonds is 7. The Morgan fingerprint density at radius 2 is 1.77 bits per heavy atom. The van der Waals surface area contributed by atoms with Gasteiger partial charge in [0, 0.05) is 5.92 Å². The lowest BCUT2D eigenvalue weighted by Gasteiger charge is -2.30. The minimum Gasteiger partial charge on any atom is -0.508 e. The zero-order valence-electron chi connectivity index (χ0n) is 20.4. The van der Waals surface area contributed by atoms with Crippen LogP contribution in [-0.4, -0.2) is 29.6 Å². The average Bonchev–Trinajstić information content (AvgIpc) is 3.39. The molecule has 2 aromatic rings. The fraction of sp³-hybridized carbons (Fsp3) is 0.400. The smallest absolute Gasteiger partial charge is 0.238 e. The maximum atomic E-state index is 13.5. The fourth-order valence-corrected chi connectivity index (χ4v) is 6.17. The third-order valence-electron chi connectivity index (χ3n) is 7.73. The topological polar surface area (TPSA) is 66.8 Å². The Bertz CT molecular complexity index is 1160. The number of ether oxygens (including phenoxy) is 1.